The van der Waals surface area contributed by atoms with Crippen molar-refractivity contribution in [3.05, 3.63) is 83.9 Å². The molecule has 0 N–H and O–H groups in total. The van der Waals surface area contributed by atoms with E-state index in [9.17, 15) is 4.79 Å². The minimum atomic E-state index is -0.469. The highest BCUT2D eigenvalue weighted by molar-refractivity contribution is 6.13. The molecule has 4 atom stereocenters. The van der Waals surface area contributed by atoms with E-state index in [0.717, 1.165) is 23.3 Å². The average molecular weight is 388 g/mol. The molecule has 2 aromatic rings. The molecule has 0 radical (unpaired) electrons. The Morgan fingerprint density at radius 1 is 1.00 bits per heavy atom. The molecule has 3 aliphatic carbocycles. The summed E-state index contributed by atoms with van der Waals surface area (Å²) in [4.78, 5) is 17.9. The summed E-state index contributed by atoms with van der Waals surface area (Å²) in [7, 11) is 0. The number of benzene rings is 2. The Morgan fingerprint density at radius 2 is 1.66 bits per heavy atom. The Balaban J connectivity index is 1.68. The number of aliphatic imine (C=N–C) groups is 1. The largest absolute Gasteiger partial charge is 0.464 e. The number of hydrogen-bond donors (Lipinski definition) is 0. The van der Waals surface area contributed by atoms with Crippen molar-refractivity contribution in [2.24, 2.45) is 22.7 Å². The van der Waals surface area contributed by atoms with Gasteiger partial charge in [0.05, 0.1) is 12.3 Å². The van der Waals surface area contributed by atoms with Crippen molar-refractivity contribution in [1.82, 2.24) is 0 Å². The van der Waals surface area contributed by atoms with Crippen LogP contribution in [0.5, 0.6) is 0 Å². The SMILES string of the molecule is CCOC(=O)C(C[C@H]1C[C@H]2C=C[C@@H]1CC2)N=C(c1ccccc1)c1ccccc1. The van der Waals surface area contributed by atoms with E-state index in [4.69, 9.17) is 9.73 Å². The molecule has 3 heteroatoms. The zero-order valence-electron chi connectivity index (χ0n) is 17.0. The Hall–Kier alpha value is -2.68. The maximum absolute atomic E-state index is 12.9. The lowest BCUT2D eigenvalue weighted by molar-refractivity contribution is -0.145. The van der Waals surface area contributed by atoms with Gasteiger partial charge in [-0.1, -0.05) is 72.8 Å². The van der Waals surface area contributed by atoms with Gasteiger partial charge in [0.25, 0.3) is 0 Å². The van der Waals surface area contributed by atoms with Gasteiger partial charge < -0.3 is 4.74 Å². The van der Waals surface area contributed by atoms with Gasteiger partial charge in [-0.05, 0) is 50.4 Å². The van der Waals surface area contributed by atoms with E-state index in [-0.39, 0.29) is 5.97 Å². The van der Waals surface area contributed by atoms with Crippen LogP contribution in [0, 0.1) is 17.8 Å². The monoisotopic (exact) mass is 387 g/mol. The van der Waals surface area contributed by atoms with Gasteiger partial charge in [0, 0.05) is 11.1 Å². The molecule has 0 aliphatic heterocycles. The molecule has 0 amide bonds. The molecule has 0 saturated heterocycles. The molecule has 5 rings (SSSR count). The van der Waals surface area contributed by atoms with Crippen LogP contribution in [0.1, 0.15) is 43.7 Å². The van der Waals surface area contributed by atoms with Crippen molar-refractivity contribution >= 4 is 11.7 Å². The van der Waals surface area contributed by atoms with Crippen molar-refractivity contribution in [1.29, 1.82) is 0 Å². The molecular weight excluding hydrogens is 358 g/mol. The normalized spacial score (nSPS) is 23.4. The van der Waals surface area contributed by atoms with E-state index < -0.39 is 6.04 Å². The van der Waals surface area contributed by atoms with Crippen LogP contribution in [0.25, 0.3) is 0 Å². The van der Waals surface area contributed by atoms with Crippen LogP contribution in [-0.2, 0) is 9.53 Å². The van der Waals surface area contributed by atoms with Crippen LogP contribution in [0.4, 0.5) is 0 Å². The molecule has 2 bridgehead atoms. The van der Waals surface area contributed by atoms with E-state index >= 15 is 0 Å². The summed E-state index contributed by atoms with van der Waals surface area (Å²) in [5.74, 6) is 1.54. The first-order valence-corrected chi connectivity index (χ1v) is 10.8. The van der Waals surface area contributed by atoms with Crippen molar-refractivity contribution in [2.45, 2.75) is 38.6 Å². The molecule has 3 nitrogen and oxygen atoms in total. The Morgan fingerprint density at radius 3 is 2.14 bits per heavy atom. The molecule has 0 heterocycles. The summed E-state index contributed by atoms with van der Waals surface area (Å²) in [5, 5.41) is 0. The molecule has 1 unspecified atom stereocenters. The summed E-state index contributed by atoms with van der Waals surface area (Å²) in [6.45, 7) is 2.24. The molecular formula is C26H29NO2. The minimum absolute atomic E-state index is 0.206. The molecule has 1 fully saturated rings. The first-order valence-electron chi connectivity index (χ1n) is 10.8. The van der Waals surface area contributed by atoms with E-state index in [1.54, 1.807) is 0 Å². The summed E-state index contributed by atoms with van der Waals surface area (Å²) in [6, 6.07) is 19.8. The maximum Gasteiger partial charge on any atom is 0.330 e. The topological polar surface area (TPSA) is 38.7 Å². The van der Waals surface area contributed by atoms with Crippen molar-refractivity contribution in [3.8, 4) is 0 Å². The van der Waals surface area contributed by atoms with Crippen molar-refractivity contribution in [3.63, 3.8) is 0 Å². The fourth-order valence-corrected chi connectivity index (χ4v) is 4.71. The van der Waals surface area contributed by atoms with Crippen LogP contribution < -0.4 is 0 Å². The van der Waals surface area contributed by atoms with Crippen molar-refractivity contribution in [2.75, 3.05) is 6.61 Å². The highest BCUT2D eigenvalue weighted by atomic mass is 16.5. The van der Waals surface area contributed by atoms with Gasteiger partial charge in [-0.15, -0.1) is 0 Å². The Bertz CT molecular complexity index is 831. The third kappa shape index (κ3) is 4.67. The number of fused-ring (bicyclic) bond motifs is 2. The molecule has 150 valence electrons. The predicted octanol–water partition coefficient (Wildman–Crippen LogP) is 5.45. The van der Waals surface area contributed by atoms with Gasteiger partial charge in [0.2, 0.25) is 0 Å². The van der Waals surface area contributed by atoms with Crippen LogP contribution in [0.2, 0.25) is 0 Å². The van der Waals surface area contributed by atoms with Gasteiger partial charge in [-0.3, -0.25) is 4.99 Å². The quantitative estimate of drug-likeness (QED) is 0.360. The molecule has 2 aromatic carbocycles. The number of hydrogen-bond acceptors (Lipinski definition) is 3. The molecule has 1 saturated carbocycles. The van der Waals surface area contributed by atoms with E-state index in [2.05, 4.69) is 36.4 Å². The summed E-state index contributed by atoms with van der Waals surface area (Å²) in [6.07, 6.45) is 9.17. The Kier molecular flexibility index (Phi) is 6.24. The zero-order chi connectivity index (χ0) is 20.1. The highest BCUT2D eigenvalue weighted by Crippen LogP contribution is 2.42. The van der Waals surface area contributed by atoms with Gasteiger partial charge in [0.15, 0.2) is 0 Å². The third-order valence-electron chi connectivity index (χ3n) is 6.18. The number of carbonyl (C=O) groups excluding carboxylic acids is 1. The minimum Gasteiger partial charge on any atom is -0.464 e. The predicted molar refractivity (Wildman–Crippen MR) is 117 cm³/mol. The second-order valence-electron chi connectivity index (χ2n) is 8.10. The van der Waals surface area contributed by atoms with Gasteiger partial charge in [-0.25, -0.2) is 4.79 Å². The number of allylic oxidation sites excluding steroid dienone is 2. The second kappa shape index (κ2) is 9.21. The molecule has 0 spiro atoms. The van der Waals surface area contributed by atoms with Crippen LogP contribution in [-0.4, -0.2) is 24.3 Å². The van der Waals surface area contributed by atoms with Gasteiger partial charge in [0.1, 0.15) is 6.04 Å². The van der Waals surface area contributed by atoms with Crippen LogP contribution in [0.3, 0.4) is 0 Å². The summed E-state index contributed by atoms with van der Waals surface area (Å²) >= 11 is 0. The standard InChI is InChI=1S/C26H29NO2/c1-2-29-26(28)24(18-23-17-19-13-15-20(23)16-14-19)27-25(21-9-5-3-6-10-21)22-11-7-4-8-12-22/h3-13,15,19-20,23-24H,2,14,16-18H2,1H3/t19-,20+,23+,24?/m0/s1. The number of esters is 1. The number of ether oxygens (including phenoxy) is 1. The van der Waals surface area contributed by atoms with E-state index in [1.807, 2.05) is 43.3 Å². The summed E-state index contributed by atoms with van der Waals surface area (Å²) in [5.41, 5.74) is 2.91. The lowest BCUT2D eigenvalue weighted by Gasteiger charge is -2.38. The molecule has 3 aliphatic rings. The number of nitrogens with zero attached hydrogens (tertiary/aromatic N) is 1. The first-order chi connectivity index (χ1) is 14.2. The number of carbonyl (C=O) groups is 1. The first kappa shape index (κ1) is 19.6. The zero-order valence-corrected chi connectivity index (χ0v) is 17.0. The Labute approximate surface area is 173 Å². The fourth-order valence-electron chi connectivity index (χ4n) is 4.71. The lowest BCUT2D eigenvalue weighted by Crippen LogP contribution is -2.33. The number of rotatable bonds is 7. The smallest absolute Gasteiger partial charge is 0.330 e. The van der Waals surface area contributed by atoms with Crippen LogP contribution >= 0.6 is 0 Å². The van der Waals surface area contributed by atoms with Gasteiger partial charge in [-0.2, -0.15) is 0 Å². The second-order valence-corrected chi connectivity index (χ2v) is 8.10. The van der Waals surface area contributed by atoms with Crippen LogP contribution in [0.15, 0.2) is 77.8 Å². The average Bonchev–Trinajstić information content (AvgIpc) is 2.79. The highest BCUT2D eigenvalue weighted by Gasteiger charge is 2.35. The maximum atomic E-state index is 12.9. The van der Waals surface area contributed by atoms with Crippen molar-refractivity contribution < 1.29 is 9.53 Å². The third-order valence-corrected chi connectivity index (χ3v) is 6.18. The van der Waals surface area contributed by atoms with E-state index in [1.165, 1.54) is 19.3 Å². The summed E-state index contributed by atoms with van der Waals surface area (Å²) < 4.78 is 5.43. The van der Waals surface area contributed by atoms with E-state index in [0.29, 0.717) is 24.4 Å². The fraction of sp³-hybridized carbons (Fsp3) is 0.385. The lowest BCUT2D eigenvalue weighted by atomic mass is 9.67. The van der Waals surface area contributed by atoms with Gasteiger partial charge >= 0.3 is 5.97 Å². The molecule has 0 aromatic heterocycles. The molecule has 29 heavy (non-hydrogen) atoms.